The number of anilines is 1. The number of methoxy groups -OCH3 is 2. The number of nitrogens with zero attached hydrogens (tertiary/aromatic N) is 6. The Bertz CT molecular complexity index is 1270. The van der Waals surface area contributed by atoms with Crippen LogP contribution in [-0.2, 0) is 26.0 Å². The summed E-state index contributed by atoms with van der Waals surface area (Å²) < 4.78 is 47.6. The molecule has 0 spiro atoms. The number of ether oxygens (including phenoxy) is 3. The van der Waals surface area contributed by atoms with Crippen molar-refractivity contribution in [1.29, 1.82) is 0 Å². The molecule has 0 bridgehead atoms. The number of halogens is 1. The molecule has 1 N–H and O–H groups in total. The molecule has 12 nitrogen and oxygen atoms in total. The fraction of sp³-hybridized carbons (Fsp3) is 0.500. The van der Waals surface area contributed by atoms with Gasteiger partial charge in [0.25, 0.3) is 0 Å². The fourth-order valence-corrected chi connectivity index (χ4v) is 5.16. The largest absolute Gasteiger partial charge is 0.481 e. The molecule has 1 fully saturated rings. The summed E-state index contributed by atoms with van der Waals surface area (Å²) in [7, 11) is -1.11. The number of hydrogen-bond acceptors (Lipinski definition) is 10. The number of sulfonamides is 1. The molecule has 1 aliphatic rings. The van der Waals surface area contributed by atoms with Gasteiger partial charge in [0.1, 0.15) is 17.0 Å². The SMILES string of the molecule is COc1cccc(-c2nnc(NS(=O)(=O)[C@@H](C)[C@H](OC)c3ncc(Cl)cn3)n2C[C@H]2CCCCO2)n1. The fourth-order valence-electron chi connectivity index (χ4n) is 3.91. The van der Waals surface area contributed by atoms with E-state index in [1.165, 1.54) is 33.5 Å². The smallest absolute Gasteiger partial charge is 0.240 e. The van der Waals surface area contributed by atoms with E-state index in [4.69, 9.17) is 25.8 Å². The van der Waals surface area contributed by atoms with Crippen LogP contribution in [0.25, 0.3) is 11.5 Å². The first-order valence-corrected chi connectivity index (χ1v) is 13.3. The molecule has 4 rings (SSSR count). The average Bonchev–Trinajstić information content (AvgIpc) is 3.27. The third kappa shape index (κ3) is 5.91. The Labute approximate surface area is 214 Å². The molecule has 0 unspecified atom stereocenters. The van der Waals surface area contributed by atoms with Gasteiger partial charge in [0, 0.05) is 32.2 Å². The minimum absolute atomic E-state index is 0.0440. The van der Waals surface area contributed by atoms with Crippen molar-refractivity contribution in [2.24, 2.45) is 0 Å². The highest BCUT2D eigenvalue weighted by Gasteiger charge is 2.34. The lowest BCUT2D eigenvalue weighted by Crippen LogP contribution is -2.34. The average molecular weight is 538 g/mol. The highest BCUT2D eigenvalue weighted by molar-refractivity contribution is 7.93. The Morgan fingerprint density at radius 2 is 2.00 bits per heavy atom. The van der Waals surface area contributed by atoms with Crippen molar-refractivity contribution >= 4 is 27.6 Å². The van der Waals surface area contributed by atoms with Crippen LogP contribution < -0.4 is 9.46 Å². The van der Waals surface area contributed by atoms with Crippen LogP contribution in [0.2, 0.25) is 5.02 Å². The summed E-state index contributed by atoms with van der Waals surface area (Å²) in [6.07, 6.45) is 4.56. The minimum atomic E-state index is -4.03. The van der Waals surface area contributed by atoms with E-state index in [1.54, 1.807) is 22.8 Å². The molecule has 4 heterocycles. The van der Waals surface area contributed by atoms with Crippen LogP contribution >= 0.6 is 11.6 Å². The van der Waals surface area contributed by atoms with Crippen molar-refractivity contribution in [3.05, 3.63) is 41.4 Å². The molecule has 0 aliphatic carbocycles. The normalized spacial score (nSPS) is 17.9. The van der Waals surface area contributed by atoms with Gasteiger partial charge in [-0.05, 0) is 32.3 Å². The molecule has 1 aliphatic heterocycles. The zero-order valence-corrected chi connectivity index (χ0v) is 21.7. The molecule has 3 atom stereocenters. The van der Waals surface area contributed by atoms with Crippen LogP contribution in [0.3, 0.4) is 0 Å². The lowest BCUT2D eigenvalue weighted by atomic mass is 10.1. The second kappa shape index (κ2) is 11.5. The molecule has 1 saturated heterocycles. The summed E-state index contributed by atoms with van der Waals surface area (Å²) in [5.41, 5.74) is 0.487. The Hall–Kier alpha value is -2.87. The summed E-state index contributed by atoms with van der Waals surface area (Å²) in [5.74, 6) is 1.02. The van der Waals surface area contributed by atoms with Crippen LogP contribution in [0.5, 0.6) is 5.88 Å². The van der Waals surface area contributed by atoms with Crippen molar-refractivity contribution in [3.63, 3.8) is 0 Å². The number of hydrogen-bond donors (Lipinski definition) is 1. The molecule has 14 heteroatoms. The Kier molecular flexibility index (Phi) is 8.34. The van der Waals surface area contributed by atoms with Crippen molar-refractivity contribution in [3.8, 4) is 17.4 Å². The topological polar surface area (TPSA) is 143 Å². The zero-order valence-electron chi connectivity index (χ0n) is 20.2. The maximum absolute atomic E-state index is 13.4. The molecular weight excluding hydrogens is 510 g/mol. The lowest BCUT2D eigenvalue weighted by Gasteiger charge is -2.25. The van der Waals surface area contributed by atoms with Gasteiger partial charge in [-0.25, -0.2) is 23.4 Å². The Morgan fingerprint density at radius 3 is 2.67 bits per heavy atom. The van der Waals surface area contributed by atoms with E-state index >= 15 is 0 Å². The predicted molar refractivity (Wildman–Crippen MR) is 132 cm³/mol. The predicted octanol–water partition coefficient (Wildman–Crippen LogP) is 2.88. The van der Waals surface area contributed by atoms with Gasteiger partial charge < -0.3 is 14.2 Å². The van der Waals surface area contributed by atoms with E-state index in [2.05, 4.69) is 29.9 Å². The van der Waals surface area contributed by atoms with Crippen LogP contribution in [-0.4, -0.2) is 70.3 Å². The quantitative estimate of drug-likeness (QED) is 0.410. The van der Waals surface area contributed by atoms with Crippen LogP contribution in [0, 0.1) is 0 Å². The summed E-state index contributed by atoms with van der Waals surface area (Å²) in [5, 5.41) is 7.65. The van der Waals surface area contributed by atoms with Gasteiger partial charge in [-0.15, -0.1) is 10.2 Å². The van der Waals surface area contributed by atoms with E-state index in [9.17, 15) is 8.42 Å². The van der Waals surface area contributed by atoms with Gasteiger partial charge in [0.05, 0.1) is 24.8 Å². The number of pyridine rings is 1. The first-order valence-electron chi connectivity index (χ1n) is 11.4. The standard InChI is InChI=1S/C22H28ClN7O5S/c1-14(19(34-3)20-24-11-15(23)12-25-20)36(31,32)29-22-28-27-21(17-8-6-9-18(26-17)33-2)30(22)13-16-7-4-5-10-35-16/h6,8-9,11-12,14,16,19H,4-5,7,10,13H2,1-3H3,(H,28,29)/t14-,16+,19-/m0/s1. The Balaban J connectivity index is 1.66. The molecule has 36 heavy (non-hydrogen) atoms. The van der Waals surface area contributed by atoms with Gasteiger partial charge in [-0.3, -0.25) is 9.29 Å². The highest BCUT2D eigenvalue weighted by Crippen LogP contribution is 2.28. The molecule has 0 radical (unpaired) electrons. The van der Waals surface area contributed by atoms with Gasteiger partial charge in [0.2, 0.25) is 21.9 Å². The second-order valence-corrected chi connectivity index (χ2v) is 10.8. The van der Waals surface area contributed by atoms with E-state index in [-0.39, 0.29) is 17.9 Å². The highest BCUT2D eigenvalue weighted by atomic mass is 35.5. The number of rotatable bonds is 10. The van der Waals surface area contributed by atoms with E-state index in [0.717, 1.165) is 19.3 Å². The first-order chi connectivity index (χ1) is 17.3. The number of nitrogens with one attached hydrogen (secondary N) is 1. The summed E-state index contributed by atoms with van der Waals surface area (Å²) in [6.45, 7) is 2.50. The Morgan fingerprint density at radius 1 is 1.22 bits per heavy atom. The molecule has 3 aromatic heterocycles. The van der Waals surface area contributed by atoms with Gasteiger partial charge in [-0.1, -0.05) is 17.7 Å². The van der Waals surface area contributed by atoms with Crippen LogP contribution in [0.15, 0.2) is 30.6 Å². The van der Waals surface area contributed by atoms with Crippen molar-refractivity contribution < 1.29 is 22.6 Å². The summed E-state index contributed by atoms with van der Waals surface area (Å²) in [4.78, 5) is 12.7. The van der Waals surface area contributed by atoms with Gasteiger partial charge >= 0.3 is 0 Å². The monoisotopic (exact) mass is 537 g/mol. The van der Waals surface area contributed by atoms with E-state index in [0.29, 0.717) is 35.6 Å². The van der Waals surface area contributed by atoms with Crippen molar-refractivity contribution in [2.75, 3.05) is 25.5 Å². The zero-order chi connectivity index (χ0) is 25.7. The third-order valence-corrected chi connectivity index (χ3v) is 7.76. The summed E-state index contributed by atoms with van der Waals surface area (Å²) >= 11 is 5.87. The van der Waals surface area contributed by atoms with Gasteiger partial charge in [0.15, 0.2) is 11.6 Å². The molecule has 3 aromatic rings. The van der Waals surface area contributed by atoms with Crippen LogP contribution in [0.4, 0.5) is 5.95 Å². The molecule has 0 aromatic carbocycles. The molecule has 0 amide bonds. The maximum Gasteiger partial charge on any atom is 0.240 e. The molecule has 0 saturated carbocycles. The number of aromatic nitrogens is 6. The molecule has 194 valence electrons. The van der Waals surface area contributed by atoms with Crippen molar-refractivity contribution in [2.45, 2.75) is 50.2 Å². The van der Waals surface area contributed by atoms with E-state index < -0.39 is 21.4 Å². The lowest BCUT2D eigenvalue weighted by molar-refractivity contribution is 0.00650. The minimum Gasteiger partial charge on any atom is -0.481 e. The first kappa shape index (κ1) is 26.2. The van der Waals surface area contributed by atoms with Crippen LogP contribution in [0.1, 0.15) is 38.1 Å². The third-order valence-electron chi connectivity index (χ3n) is 5.87. The van der Waals surface area contributed by atoms with Crippen molar-refractivity contribution in [1.82, 2.24) is 29.7 Å². The molecular formula is C22H28ClN7O5S. The maximum atomic E-state index is 13.4. The van der Waals surface area contributed by atoms with E-state index in [1.807, 2.05) is 0 Å². The van der Waals surface area contributed by atoms with Gasteiger partial charge in [-0.2, -0.15) is 0 Å². The summed E-state index contributed by atoms with van der Waals surface area (Å²) in [6, 6.07) is 5.24. The second-order valence-electron chi connectivity index (χ2n) is 8.28.